The number of nitrogens with zero attached hydrogens (tertiary/aromatic N) is 2. The van der Waals surface area contributed by atoms with Gasteiger partial charge in [0.15, 0.2) is 0 Å². The highest BCUT2D eigenvalue weighted by Gasteiger charge is 2.17. The van der Waals surface area contributed by atoms with Crippen molar-refractivity contribution in [2.24, 2.45) is 0 Å². The molecule has 4 heteroatoms. The molecule has 2 rings (SSSR count). The van der Waals surface area contributed by atoms with Gasteiger partial charge in [-0.25, -0.2) is 9.97 Å². The van der Waals surface area contributed by atoms with Crippen LogP contribution in [-0.2, 0) is 0 Å². The van der Waals surface area contributed by atoms with Gasteiger partial charge in [0.25, 0.3) is 0 Å². The summed E-state index contributed by atoms with van der Waals surface area (Å²) in [5.41, 5.74) is 0. The molecular formula is C8H11N3S. The van der Waals surface area contributed by atoms with E-state index in [1.807, 2.05) is 17.8 Å². The maximum Gasteiger partial charge on any atom is 0.142 e. The highest BCUT2D eigenvalue weighted by Crippen LogP contribution is 2.26. The van der Waals surface area contributed by atoms with E-state index in [1.165, 1.54) is 0 Å². The number of rotatable bonds is 1. The molecule has 1 aliphatic heterocycles. The van der Waals surface area contributed by atoms with Gasteiger partial charge >= 0.3 is 0 Å². The molecule has 1 saturated heterocycles. The van der Waals surface area contributed by atoms with Crippen molar-refractivity contribution in [2.75, 3.05) is 18.8 Å². The zero-order valence-corrected chi connectivity index (χ0v) is 7.55. The first-order chi connectivity index (χ1) is 5.97. The first kappa shape index (κ1) is 8.01. The highest BCUT2D eigenvalue weighted by atomic mass is 32.2. The van der Waals surface area contributed by atoms with Crippen LogP contribution in [0.4, 0.5) is 0 Å². The normalized spacial score (nSPS) is 23.8. The van der Waals surface area contributed by atoms with Crippen molar-refractivity contribution in [3.63, 3.8) is 0 Å². The third-order valence-electron chi connectivity index (χ3n) is 1.80. The van der Waals surface area contributed by atoms with Crippen LogP contribution in [0.15, 0.2) is 18.5 Å². The quantitative estimate of drug-likeness (QED) is 0.697. The predicted molar refractivity (Wildman–Crippen MR) is 50.1 cm³/mol. The average molecular weight is 181 g/mol. The molecule has 1 unspecified atom stereocenters. The van der Waals surface area contributed by atoms with E-state index in [-0.39, 0.29) is 0 Å². The summed E-state index contributed by atoms with van der Waals surface area (Å²) in [6, 6.07) is 1.85. The summed E-state index contributed by atoms with van der Waals surface area (Å²) in [5, 5.41) is 3.78. The van der Waals surface area contributed by atoms with Crippen LogP contribution in [0.1, 0.15) is 11.1 Å². The minimum Gasteiger partial charge on any atom is -0.314 e. The van der Waals surface area contributed by atoms with E-state index in [0.717, 1.165) is 24.7 Å². The second kappa shape index (κ2) is 3.87. The molecule has 0 aromatic carbocycles. The minimum absolute atomic E-state index is 0.444. The molecule has 1 atom stereocenters. The maximum absolute atomic E-state index is 4.23. The Morgan fingerprint density at radius 3 is 2.92 bits per heavy atom. The van der Waals surface area contributed by atoms with Crippen LogP contribution in [-0.4, -0.2) is 28.8 Å². The fraction of sp³-hybridized carbons (Fsp3) is 0.500. The van der Waals surface area contributed by atoms with E-state index in [0.29, 0.717) is 5.25 Å². The van der Waals surface area contributed by atoms with Gasteiger partial charge in [0.2, 0.25) is 0 Å². The molecular weight excluding hydrogens is 170 g/mol. The molecule has 1 N–H and O–H groups in total. The molecule has 1 fully saturated rings. The number of thioether (sulfide) groups is 1. The Morgan fingerprint density at radius 2 is 2.25 bits per heavy atom. The average Bonchev–Trinajstić information content (AvgIpc) is 2.21. The Bertz CT molecular complexity index is 233. The molecule has 0 spiro atoms. The highest BCUT2D eigenvalue weighted by molar-refractivity contribution is 7.99. The van der Waals surface area contributed by atoms with Gasteiger partial charge < -0.3 is 5.32 Å². The molecule has 0 bridgehead atoms. The van der Waals surface area contributed by atoms with Crippen LogP contribution in [0.2, 0.25) is 0 Å². The zero-order chi connectivity index (χ0) is 8.23. The predicted octanol–water partition coefficient (Wildman–Crippen LogP) is 0.854. The number of aromatic nitrogens is 2. The molecule has 0 saturated carbocycles. The summed E-state index contributed by atoms with van der Waals surface area (Å²) in [4.78, 5) is 8.46. The Labute approximate surface area is 76.0 Å². The van der Waals surface area contributed by atoms with E-state index in [4.69, 9.17) is 0 Å². The van der Waals surface area contributed by atoms with Gasteiger partial charge in [0, 0.05) is 31.2 Å². The van der Waals surface area contributed by atoms with Crippen LogP contribution in [0.3, 0.4) is 0 Å². The third kappa shape index (κ3) is 1.76. The van der Waals surface area contributed by atoms with E-state index in [1.54, 1.807) is 12.4 Å². The Balaban J connectivity index is 2.08. The Morgan fingerprint density at radius 1 is 1.42 bits per heavy atom. The lowest BCUT2D eigenvalue weighted by atomic mass is 10.3. The van der Waals surface area contributed by atoms with Crippen molar-refractivity contribution in [2.45, 2.75) is 5.25 Å². The Kier molecular flexibility index (Phi) is 2.58. The molecule has 1 aliphatic rings. The van der Waals surface area contributed by atoms with E-state index >= 15 is 0 Å². The van der Waals surface area contributed by atoms with E-state index < -0.39 is 0 Å². The summed E-state index contributed by atoms with van der Waals surface area (Å²) in [6.07, 6.45) is 3.61. The summed E-state index contributed by atoms with van der Waals surface area (Å²) < 4.78 is 0. The number of hydrogen-bond acceptors (Lipinski definition) is 4. The van der Waals surface area contributed by atoms with Crippen molar-refractivity contribution in [1.29, 1.82) is 0 Å². The van der Waals surface area contributed by atoms with Crippen molar-refractivity contribution in [1.82, 2.24) is 15.3 Å². The van der Waals surface area contributed by atoms with Gasteiger partial charge in [-0.05, 0) is 6.07 Å². The molecule has 0 aliphatic carbocycles. The van der Waals surface area contributed by atoms with Gasteiger partial charge in [-0.1, -0.05) is 0 Å². The van der Waals surface area contributed by atoms with E-state index in [2.05, 4.69) is 15.3 Å². The first-order valence-electron chi connectivity index (χ1n) is 4.06. The van der Waals surface area contributed by atoms with Gasteiger partial charge in [0.05, 0.1) is 5.25 Å². The second-order valence-electron chi connectivity index (χ2n) is 2.67. The summed E-state index contributed by atoms with van der Waals surface area (Å²) in [7, 11) is 0. The molecule has 0 radical (unpaired) electrons. The maximum atomic E-state index is 4.23. The number of nitrogens with one attached hydrogen (secondary N) is 1. The summed E-state index contributed by atoms with van der Waals surface area (Å²) >= 11 is 1.93. The van der Waals surface area contributed by atoms with Crippen molar-refractivity contribution in [3.05, 3.63) is 24.3 Å². The minimum atomic E-state index is 0.444. The fourth-order valence-electron chi connectivity index (χ4n) is 1.21. The second-order valence-corrected chi connectivity index (χ2v) is 3.98. The van der Waals surface area contributed by atoms with Crippen molar-refractivity contribution < 1.29 is 0 Å². The molecule has 3 nitrogen and oxygen atoms in total. The van der Waals surface area contributed by atoms with Crippen molar-refractivity contribution in [3.8, 4) is 0 Å². The monoisotopic (exact) mass is 181 g/mol. The van der Waals surface area contributed by atoms with Gasteiger partial charge in [0.1, 0.15) is 5.82 Å². The lowest BCUT2D eigenvalue weighted by Gasteiger charge is -2.20. The SMILES string of the molecule is c1cnc(C2CNCCS2)nc1. The molecule has 1 aromatic heterocycles. The molecule has 2 heterocycles. The molecule has 12 heavy (non-hydrogen) atoms. The van der Waals surface area contributed by atoms with Gasteiger partial charge in [-0.15, -0.1) is 11.8 Å². The largest absolute Gasteiger partial charge is 0.314 e. The molecule has 1 aromatic rings. The van der Waals surface area contributed by atoms with Crippen LogP contribution in [0.5, 0.6) is 0 Å². The molecule has 64 valence electrons. The van der Waals surface area contributed by atoms with Crippen LogP contribution in [0, 0.1) is 0 Å². The van der Waals surface area contributed by atoms with Crippen LogP contribution in [0.25, 0.3) is 0 Å². The lowest BCUT2D eigenvalue weighted by molar-refractivity contribution is 0.667. The van der Waals surface area contributed by atoms with Crippen LogP contribution < -0.4 is 5.32 Å². The zero-order valence-electron chi connectivity index (χ0n) is 6.73. The fourth-order valence-corrected chi connectivity index (χ4v) is 2.26. The topological polar surface area (TPSA) is 37.8 Å². The van der Waals surface area contributed by atoms with Crippen LogP contribution >= 0.6 is 11.8 Å². The molecule has 0 amide bonds. The van der Waals surface area contributed by atoms with Gasteiger partial charge in [-0.2, -0.15) is 0 Å². The third-order valence-corrected chi connectivity index (χ3v) is 3.02. The summed E-state index contributed by atoms with van der Waals surface area (Å²) in [6.45, 7) is 2.10. The smallest absolute Gasteiger partial charge is 0.142 e. The van der Waals surface area contributed by atoms with Gasteiger partial charge in [-0.3, -0.25) is 0 Å². The summed E-state index contributed by atoms with van der Waals surface area (Å²) in [5.74, 6) is 2.11. The first-order valence-corrected chi connectivity index (χ1v) is 5.11. The number of hydrogen-bond donors (Lipinski definition) is 1. The lowest BCUT2D eigenvalue weighted by Crippen LogP contribution is -2.28. The van der Waals surface area contributed by atoms with Crippen molar-refractivity contribution >= 4 is 11.8 Å². The van der Waals surface area contributed by atoms with E-state index in [9.17, 15) is 0 Å². The Hall–Kier alpha value is -0.610. The standard InChI is InChI=1S/C8H11N3S/c1-2-10-8(11-3-1)7-6-9-4-5-12-7/h1-3,7,9H,4-6H2.